The Morgan fingerprint density at radius 1 is 1.14 bits per heavy atom. The molecular formula is C23H24N4O2. The summed E-state index contributed by atoms with van der Waals surface area (Å²) < 4.78 is 13.8. The van der Waals surface area contributed by atoms with Crippen LogP contribution in [0.15, 0.2) is 60.4 Å². The summed E-state index contributed by atoms with van der Waals surface area (Å²) in [5.74, 6) is 2.97. The van der Waals surface area contributed by atoms with E-state index in [-0.39, 0.29) is 12.1 Å². The Kier molecular flexibility index (Phi) is 4.27. The Morgan fingerprint density at radius 3 is 2.69 bits per heavy atom. The molecule has 0 spiro atoms. The molecule has 2 atom stereocenters. The number of para-hydroxylation sites is 1. The zero-order chi connectivity index (χ0) is 20.0. The first kappa shape index (κ1) is 17.8. The SMILES string of the molecule is COc1ccc([C@@H]2C3=C(Nc4ncnn42)c2ccccc2O[C@@H]3CC(C)C)cc1. The molecule has 2 aliphatic rings. The van der Waals surface area contributed by atoms with Gasteiger partial charge in [0.2, 0.25) is 5.95 Å². The summed E-state index contributed by atoms with van der Waals surface area (Å²) in [5.41, 5.74) is 4.47. The van der Waals surface area contributed by atoms with Crippen LogP contribution in [0.3, 0.4) is 0 Å². The smallest absolute Gasteiger partial charge is 0.226 e. The van der Waals surface area contributed by atoms with Gasteiger partial charge in [0.05, 0.1) is 12.8 Å². The quantitative estimate of drug-likeness (QED) is 0.712. The Hall–Kier alpha value is -3.28. The standard InChI is InChI=1S/C23H24N4O2/c1-14(2)12-19-20-21(17-6-4-5-7-18(17)29-19)26-23-24-13-25-27(23)22(20)15-8-10-16(28-3)11-9-15/h4-11,13-14,19,22H,12H2,1-3H3,(H,24,25,26)/t19-,22-/m1/s1. The van der Waals surface area contributed by atoms with Gasteiger partial charge in [-0.15, -0.1) is 0 Å². The Balaban J connectivity index is 1.72. The normalized spacial score (nSPS) is 19.7. The van der Waals surface area contributed by atoms with Crippen LogP contribution in [0.5, 0.6) is 11.5 Å². The zero-order valence-electron chi connectivity index (χ0n) is 16.8. The molecule has 0 fully saturated rings. The van der Waals surface area contributed by atoms with Crippen LogP contribution >= 0.6 is 0 Å². The van der Waals surface area contributed by atoms with E-state index in [4.69, 9.17) is 9.47 Å². The number of anilines is 1. The van der Waals surface area contributed by atoms with E-state index in [1.807, 2.05) is 35.0 Å². The van der Waals surface area contributed by atoms with Crippen molar-refractivity contribution < 1.29 is 9.47 Å². The second-order valence-corrected chi connectivity index (χ2v) is 7.89. The summed E-state index contributed by atoms with van der Waals surface area (Å²) in [6.45, 7) is 4.45. The Morgan fingerprint density at radius 2 is 1.93 bits per heavy atom. The second-order valence-electron chi connectivity index (χ2n) is 7.89. The number of hydrogen-bond acceptors (Lipinski definition) is 5. The lowest BCUT2D eigenvalue weighted by atomic mass is 9.84. The average molecular weight is 388 g/mol. The van der Waals surface area contributed by atoms with E-state index < -0.39 is 0 Å². The minimum absolute atomic E-state index is 0.0446. The fraction of sp³-hybridized carbons (Fsp3) is 0.304. The summed E-state index contributed by atoms with van der Waals surface area (Å²) in [6, 6.07) is 16.3. The first-order valence-electron chi connectivity index (χ1n) is 9.96. The monoisotopic (exact) mass is 388 g/mol. The molecule has 3 aromatic rings. The van der Waals surface area contributed by atoms with E-state index in [1.165, 1.54) is 5.57 Å². The lowest BCUT2D eigenvalue weighted by Gasteiger charge is -2.39. The van der Waals surface area contributed by atoms with Crippen LogP contribution in [0.25, 0.3) is 5.70 Å². The molecule has 0 saturated carbocycles. The fourth-order valence-corrected chi connectivity index (χ4v) is 4.24. The minimum Gasteiger partial charge on any atom is -0.497 e. The number of nitrogens with zero attached hydrogens (tertiary/aromatic N) is 3. The average Bonchev–Trinajstić information content (AvgIpc) is 3.20. The van der Waals surface area contributed by atoms with Crippen molar-refractivity contribution >= 4 is 11.6 Å². The van der Waals surface area contributed by atoms with Crippen molar-refractivity contribution in [3.8, 4) is 11.5 Å². The van der Waals surface area contributed by atoms with Gasteiger partial charge < -0.3 is 14.8 Å². The minimum atomic E-state index is -0.0910. The van der Waals surface area contributed by atoms with E-state index in [9.17, 15) is 0 Å². The molecule has 3 heterocycles. The van der Waals surface area contributed by atoms with E-state index in [1.54, 1.807) is 13.4 Å². The van der Waals surface area contributed by atoms with Crippen LogP contribution < -0.4 is 14.8 Å². The number of benzene rings is 2. The molecule has 0 amide bonds. The van der Waals surface area contributed by atoms with Gasteiger partial charge in [0.25, 0.3) is 0 Å². The summed E-state index contributed by atoms with van der Waals surface area (Å²) in [4.78, 5) is 4.46. The molecule has 6 nitrogen and oxygen atoms in total. The molecule has 0 bridgehead atoms. The van der Waals surface area contributed by atoms with Crippen molar-refractivity contribution in [2.24, 2.45) is 5.92 Å². The summed E-state index contributed by atoms with van der Waals surface area (Å²) in [6.07, 6.45) is 2.48. The largest absolute Gasteiger partial charge is 0.497 e. The van der Waals surface area contributed by atoms with Crippen LogP contribution in [-0.2, 0) is 0 Å². The molecule has 0 radical (unpaired) electrons. The van der Waals surface area contributed by atoms with Crippen molar-refractivity contribution in [2.45, 2.75) is 32.4 Å². The van der Waals surface area contributed by atoms with E-state index in [2.05, 4.69) is 47.4 Å². The van der Waals surface area contributed by atoms with Gasteiger partial charge in [0.1, 0.15) is 30.0 Å². The lowest BCUT2D eigenvalue weighted by Crippen LogP contribution is -2.37. The zero-order valence-corrected chi connectivity index (χ0v) is 16.8. The molecule has 2 aromatic carbocycles. The van der Waals surface area contributed by atoms with Crippen LogP contribution in [0, 0.1) is 5.92 Å². The van der Waals surface area contributed by atoms with Crippen molar-refractivity contribution in [3.63, 3.8) is 0 Å². The highest BCUT2D eigenvalue weighted by atomic mass is 16.5. The molecule has 0 aliphatic carbocycles. The fourth-order valence-electron chi connectivity index (χ4n) is 4.24. The molecule has 0 unspecified atom stereocenters. The molecule has 6 heteroatoms. The van der Waals surface area contributed by atoms with Gasteiger partial charge >= 0.3 is 0 Å². The van der Waals surface area contributed by atoms with Gasteiger partial charge in [-0.1, -0.05) is 38.1 Å². The van der Waals surface area contributed by atoms with Crippen molar-refractivity contribution in [2.75, 3.05) is 12.4 Å². The van der Waals surface area contributed by atoms with Gasteiger partial charge in [-0.05, 0) is 42.2 Å². The Bertz CT molecular complexity index is 1070. The van der Waals surface area contributed by atoms with Crippen LogP contribution in [0.1, 0.15) is 37.4 Å². The summed E-state index contributed by atoms with van der Waals surface area (Å²) in [5, 5.41) is 8.06. The van der Waals surface area contributed by atoms with Gasteiger partial charge in [0.15, 0.2) is 0 Å². The predicted octanol–water partition coefficient (Wildman–Crippen LogP) is 4.52. The predicted molar refractivity (Wildman–Crippen MR) is 112 cm³/mol. The number of methoxy groups -OCH3 is 1. The maximum Gasteiger partial charge on any atom is 0.226 e. The number of aromatic nitrogens is 3. The van der Waals surface area contributed by atoms with Crippen LogP contribution in [0.2, 0.25) is 0 Å². The van der Waals surface area contributed by atoms with Gasteiger partial charge in [-0.25, -0.2) is 4.68 Å². The number of fused-ring (bicyclic) bond motifs is 3. The highest BCUT2D eigenvalue weighted by Crippen LogP contribution is 2.47. The number of hydrogen-bond donors (Lipinski definition) is 1. The molecule has 1 aromatic heterocycles. The third kappa shape index (κ3) is 2.95. The first-order chi connectivity index (χ1) is 14.2. The maximum absolute atomic E-state index is 6.52. The molecule has 1 N–H and O–H groups in total. The van der Waals surface area contributed by atoms with Gasteiger partial charge in [-0.2, -0.15) is 10.1 Å². The van der Waals surface area contributed by atoms with E-state index in [0.717, 1.165) is 40.7 Å². The van der Waals surface area contributed by atoms with E-state index >= 15 is 0 Å². The maximum atomic E-state index is 6.52. The lowest BCUT2D eigenvalue weighted by molar-refractivity contribution is 0.191. The van der Waals surface area contributed by atoms with Crippen molar-refractivity contribution in [3.05, 3.63) is 71.6 Å². The molecule has 2 aliphatic heterocycles. The number of rotatable bonds is 4. The first-order valence-corrected chi connectivity index (χ1v) is 9.96. The number of ether oxygens (including phenoxy) is 2. The van der Waals surface area contributed by atoms with Gasteiger partial charge in [0, 0.05) is 11.1 Å². The second kappa shape index (κ2) is 6.95. The van der Waals surface area contributed by atoms with Crippen LogP contribution in [-0.4, -0.2) is 28.0 Å². The van der Waals surface area contributed by atoms with Gasteiger partial charge in [-0.3, -0.25) is 0 Å². The Labute approximate surface area is 170 Å². The molecule has 5 rings (SSSR count). The third-order valence-electron chi connectivity index (χ3n) is 5.53. The third-order valence-corrected chi connectivity index (χ3v) is 5.53. The summed E-state index contributed by atoms with van der Waals surface area (Å²) in [7, 11) is 1.68. The van der Waals surface area contributed by atoms with Crippen LogP contribution in [0.4, 0.5) is 5.95 Å². The topological polar surface area (TPSA) is 61.2 Å². The summed E-state index contributed by atoms with van der Waals surface area (Å²) >= 11 is 0. The number of nitrogens with one attached hydrogen (secondary N) is 1. The van der Waals surface area contributed by atoms with Crippen molar-refractivity contribution in [1.29, 1.82) is 0 Å². The molecule has 0 saturated heterocycles. The van der Waals surface area contributed by atoms with E-state index in [0.29, 0.717) is 5.92 Å². The molecule has 148 valence electrons. The molecule has 29 heavy (non-hydrogen) atoms. The highest BCUT2D eigenvalue weighted by Gasteiger charge is 2.40. The highest BCUT2D eigenvalue weighted by molar-refractivity contribution is 5.84. The van der Waals surface area contributed by atoms with Crippen molar-refractivity contribution in [1.82, 2.24) is 14.8 Å². The molecular weight excluding hydrogens is 364 g/mol.